The predicted octanol–water partition coefficient (Wildman–Crippen LogP) is 5.22. The number of pyridine rings is 1. The fraction of sp³-hybridized carbons (Fsp3) is 0. The van der Waals surface area contributed by atoms with Crippen LogP contribution in [0.4, 0.5) is 0 Å². The number of nitrogens with zero attached hydrogens (tertiary/aromatic N) is 3. The van der Waals surface area contributed by atoms with Gasteiger partial charge in [-0.25, -0.2) is 4.52 Å². The third-order valence-electron chi connectivity index (χ3n) is 4.52. The molecule has 3 nitrogen and oxygen atoms in total. The maximum Gasteiger partial charge on any atom is 0.121 e. The van der Waals surface area contributed by atoms with Gasteiger partial charge in [0, 0.05) is 16.5 Å². The number of rotatable bonds is 2. The predicted molar refractivity (Wildman–Crippen MR) is 101 cm³/mol. The van der Waals surface area contributed by atoms with Crippen LogP contribution in [-0.4, -0.2) is 14.8 Å². The summed E-state index contributed by atoms with van der Waals surface area (Å²) < 4.78 is 1.96. The second-order valence-corrected chi connectivity index (χ2v) is 6.05. The third-order valence-corrected chi connectivity index (χ3v) is 4.52. The molecule has 0 bridgehead atoms. The van der Waals surface area contributed by atoms with Gasteiger partial charge in [-0.05, 0) is 11.5 Å². The average Bonchev–Trinajstić information content (AvgIpc) is 3.14. The van der Waals surface area contributed by atoms with E-state index in [2.05, 4.69) is 64.9 Å². The Bertz CT molecular complexity index is 1180. The largest absolute Gasteiger partial charge is 0.212 e. The van der Waals surface area contributed by atoms with Crippen molar-refractivity contribution in [3.05, 3.63) is 91.0 Å². The maximum absolute atomic E-state index is 4.51. The summed E-state index contributed by atoms with van der Waals surface area (Å²) in [5.41, 5.74) is 5.21. The molecule has 0 amide bonds. The van der Waals surface area contributed by atoms with Crippen LogP contribution in [-0.2, 0) is 0 Å². The highest BCUT2D eigenvalue weighted by Gasteiger charge is 2.15. The second kappa shape index (κ2) is 5.56. The standard InChI is InChI=1S/C22H15N3/c1-3-9-16(10-4-1)20-15-18-13-7-8-14-19(18)22-21(23-24-25(20)22)17-11-5-2-6-12-17/h1-15H. The second-order valence-electron chi connectivity index (χ2n) is 6.05. The highest BCUT2D eigenvalue weighted by Crippen LogP contribution is 2.32. The smallest absolute Gasteiger partial charge is 0.121 e. The Morgan fingerprint density at radius 1 is 0.640 bits per heavy atom. The molecule has 0 aliphatic heterocycles. The minimum Gasteiger partial charge on any atom is -0.212 e. The molecule has 2 aromatic heterocycles. The summed E-state index contributed by atoms with van der Waals surface area (Å²) in [7, 11) is 0. The number of hydrogen-bond acceptors (Lipinski definition) is 2. The van der Waals surface area contributed by atoms with E-state index in [9.17, 15) is 0 Å². The summed E-state index contributed by atoms with van der Waals surface area (Å²) in [6.07, 6.45) is 0. The molecular formula is C22H15N3. The molecule has 0 atom stereocenters. The summed E-state index contributed by atoms with van der Waals surface area (Å²) in [6, 6.07) is 31.2. The number of fused-ring (bicyclic) bond motifs is 3. The van der Waals surface area contributed by atoms with Gasteiger partial charge in [0.15, 0.2) is 0 Å². The van der Waals surface area contributed by atoms with Gasteiger partial charge in [-0.3, -0.25) is 0 Å². The van der Waals surface area contributed by atoms with Crippen molar-refractivity contribution in [2.75, 3.05) is 0 Å². The fourth-order valence-electron chi connectivity index (χ4n) is 3.34. The van der Waals surface area contributed by atoms with Gasteiger partial charge in [-0.2, -0.15) is 0 Å². The summed E-state index contributed by atoms with van der Waals surface area (Å²) in [6.45, 7) is 0. The monoisotopic (exact) mass is 321 g/mol. The Balaban J connectivity index is 1.93. The molecule has 3 aromatic carbocycles. The zero-order valence-corrected chi connectivity index (χ0v) is 13.5. The van der Waals surface area contributed by atoms with E-state index in [4.69, 9.17) is 0 Å². The molecule has 0 spiro atoms. The van der Waals surface area contributed by atoms with Gasteiger partial charge in [-0.15, -0.1) is 5.10 Å². The van der Waals surface area contributed by atoms with E-state index in [0.717, 1.165) is 33.4 Å². The normalized spacial score (nSPS) is 11.2. The van der Waals surface area contributed by atoms with Crippen LogP contribution in [0.3, 0.4) is 0 Å². The lowest BCUT2D eigenvalue weighted by atomic mass is 10.0. The third kappa shape index (κ3) is 2.21. The van der Waals surface area contributed by atoms with Crippen molar-refractivity contribution in [2.24, 2.45) is 0 Å². The van der Waals surface area contributed by atoms with Crippen LogP contribution in [0.5, 0.6) is 0 Å². The van der Waals surface area contributed by atoms with Gasteiger partial charge >= 0.3 is 0 Å². The molecule has 118 valence electrons. The Kier molecular flexibility index (Phi) is 3.10. The van der Waals surface area contributed by atoms with E-state index in [1.807, 2.05) is 40.9 Å². The Hall–Kier alpha value is -3.46. The number of benzene rings is 3. The first-order chi connectivity index (χ1) is 12.4. The van der Waals surface area contributed by atoms with Crippen molar-refractivity contribution in [3.8, 4) is 22.5 Å². The fourth-order valence-corrected chi connectivity index (χ4v) is 3.34. The van der Waals surface area contributed by atoms with E-state index >= 15 is 0 Å². The highest BCUT2D eigenvalue weighted by molar-refractivity contribution is 6.03. The molecule has 0 aliphatic carbocycles. The molecule has 0 saturated heterocycles. The minimum atomic E-state index is 0.912. The molecule has 2 heterocycles. The quantitative estimate of drug-likeness (QED) is 0.446. The topological polar surface area (TPSA) is 30.2 Å². The first-order valence-electron chi connectivity index (χ1n) is 8.30. The van der Waals surface area contributed by atoms with Crippen LogP contribution >= 0.6 is 0 Å². The molecule has 5 rings (SSSR count). The van der Waals surface area contributed by atoms with Gasteiger partial charge < -0.3 is 0 Å². The lowest BCUT2D eigenvalue weighted by Crippen LogP contribution is -1.95. The molecule has 0 unspecified atom stereocenters. The molecule has 0 aliphatic rings. The number of hydrogen-bond donors (Lipinski definition) is 0. The van der Waals surface area contributed by atoms with Crippen LogP contribution in [0, 0.1) is 0 Å². The molecule has 5 aromatic rings. The number of aromatic nitrogens is 3. The van der Waals surface area contributed by atoms with Crippen molar-refractivity contribution < 1.29 is 0 Å². The van der Waals surface area contributed by atoms with Crippen molar-refractivity contribution >= 4 is 16.3 Å². The lowest BCUT2D eigenvalue weighted by molar-refractivity contribution is 0.866. The Morgan fingerprint density at radius 2 is 1.28 bits per heavy atom. The van der Waals surface area contributed by atoms with Gasteiger partial charge in [0.2, 0.25) is 0 Å². The van der Waals surface area contributed by atoms with Gasteiger partial charge in [-0.1, -0.05) is 90.1 Å². The summed E-state index contributed by atoms with van der Waals surface area (Å²) in [5.74, 6) is 0. The van der Waals surface area contributed by atoms with Gasteiger partial charge in [0.05, 0.1) is 5.69 Å². The van der Waals surface area contributed by atoms with Crippen LogP contribution in [0.2, 0.25) is 0 Å². The van der Waals surface area contributed by atoms with E-state index in [-0.39, 0.29) is 0 Å². The molecule has 3 heteroatoms. The molecule has 0 fully saturated rings. The van der Waals surface area contributed by atoms with Crippen molar-refractivity contribution in [1.82, 2.24) is 14.8 Å². The van der Waals surface area contributed by atoms with Crippen LogP contribution in [0.15, 0.2) is 91.0 Å². The van der Waals surface area contributed by atoms with E-state index in [1.54, 1.807) is 0 Å². The summed E-state index contributed by atoms with van der Waals surface area (Å²) in [5, 5.41) is 11.3. The summed E-state index contributed by atoms with van der Waals surface area (Å²) >= 11 is 0. The van der Waals surface area contributed by atoms with Gasteiger partial charge in [0.25, 0.3) is 0 Å². The van der Waals surface area contributed by atoms with E-state index in [1.165, 1.54) is 5.39 Å². The maximum atomic E-state index is 4.51. The molecular weight excluding hydrogens is 306 g/mol. The average molecular weight is 321 g/mol. The van der Waals surface area contributed by atoms with Crippen LogP contribution in [0.1, 0.15) is 0 Å². The van der Waals surface area contributed by atoms with Gasteiger partial charge in [0.1, 0.15) is 11.2 Å². The van der Waals surface area contributed by atoms with E-state index < -0.39 is 0 Å². The highest BCUT2D eigenvalue weighted by atomic mass is 15.4. The Labute approximate surface area is 145 Å². The SMILES string of the molecule is c1ccc(-c2nnn3c(-c4ccccc4)cc4ccccc4c23)cc1. The zero-order chi connectivity index (χ0) is 16.6. The Morgan fingerprint density at radius 3 is 2.04 bits per heavy atom. The first-order valence-corrected chi connectivity index (χ1v) is 8.30. The molecule has 0 N–H and O–H groups in total. The lowest BCUT2D eigenvalue weighted by Gasteiger charge is -2.09. The van der Waals surface area contributed by atoms with Crippen molar-refractivity contribution in [1.29, 1.82) is 0 Å². The van der Waals surface area contributed by atoms with Crippen LogP contribution in [0.25, 0.3) is 38.8 Å². The first kappa shape index (κ1) is 13.9. The minimum absolute atomic E-state index is 0.912. The molecule has 25 heavy (non-hydrogen) atoms. The zero-order valence-electron chi connectivity index (χ0n) is 13.5. The van der Waals surface area contributed by atoms with Crippen LogP contribution < -0.4 is 0 Å². The molecule has 0 radical (unpaired) electrons. The molecule has 0 saturated carbocycles. The van der Waals surface area contributed by atoms with Crippen molar-refractivity contribution in [3.63, 3.8) is 0 Å². The summed E-state index contributed by atoms with van der Waals surface area (Å²) in [4.78, 5) is 0. The van der Waals surface area contributed by atoms with Crippen molar-refractivity contribution in [2.45, 2.75) is 0 Å². The van der Waals surface area contributed by atoms with E-state index in [0.29, 0.717) is 0 Å².